The van der Waals surface area contributed by atoms with E-state index in [1.165, 1.54) is 5.56 Å². The molecule has 0 amide bonds. The maximum atomic E-state index is 10.4. The molecule has 0 saturated heterocycles. The van der Waals surface area contributed by atoms with Crippen molar-refractivity contribution >= 4 is 0 Å². The number of aliphatic hydroxyl groups is 1. The number of aliphatic hydroxyl groups excluding tert-OH is 1. The standard InChI is InChI=1S/C26H35N3O3/c1-5-9-23(30)18-28(16-17-31-4)19-25-21(3)27-29(22-10-7-6-8-11-22)26(25)32-24-14-12-20(2)13-15-24/h6-8,10-15,23,30H,5,9,16-19H2,1-4H3/t23-/m1/s1. The molecular formula is C26H35N3O3. The quantitative estimate of drug-likeness (QED) is 0.437. The molecule has 6 heteroatoms. The second-order valence-electron chi connectivity index (χ2n) is 8.20. The van der Waals surface area contributed by atoms with Crippen molar-refractivity contribution in [1.29, 1.82) is 0 Å². The Balaban J connectivity index is 1.97. The number of hydrogen-bond donors (Lipinski definition) is 1. The zero-order valence-electron chi connectivity index (χ0n) is 19.6. The van der Waals surface area contributed by atoms with E-state index >= 15 is 0 Å². The molecule has 1 N–H and O–H groups in total. The van der Waals surface area contributed by atoms with Gasteiger partial charge in [0.05, 0.1) is 29.7 Å². The van der Waals surface area contributed by atoms with Crippen LogP contribution in [0.25, 0.3) is 5.69 Å². The molecule has 172 valence electrons. The van der Waals surface area contributed by atoms with Gasteiger partial charge in [0, 0.05) is 26.7 Å². The highest BCUT2D eigenvalue weighted by atomic mass is 16.5. The van der Waals surface area contributed by atoms with Crippen molar-refractivity contribution in [1.82, 2.24) is 14.7 Å². The highest BCUT2D eigenvalue weighted by Crippen LogP contribution is 2.31. The number of aromatic nitrogens is 2. The summed E-state index contributed by atoms with van der Waals surface area (Å²) in [6, 6.07) is 18.0. The molecule has 0 bridgehead atoms. The summed E-state index contributed by atoms with van der Waals surface area (Å²) in [5.74, 6) is 1.47. The molecule has 0 aliphatic rings. The van der Waals surface area contributed by atoms with Crippen LogP contribution in [-0.2, 0) is 11.3 Å². The lowest BCUT2D eigenvalue weighted by atomic mass is 10.1. The largest absolute Gasteiger partial charge is 0.439 e. The first-order valence-electron chi connectivity index (χ1n) is 11.3. The van der Waals surface area contributed by atoms with E-state index in [4.69, 9.17) is 14.6 Å². The van der Waals surface area contributed by atoms with Crippen LogP contribution < -0.4 is 4.74 Å². The van der Waals surface area contributed by atoms with Gasteiger partial charge in [0.15, 0.2) is 0 Å². The first-order chi connectivity index (χ1) is 15.5. The van der Waals surface area contributed by atoms with Gasteiger partial charge in [-0.05, 0) is 44.5 Å². The van der Waals surface area contributed by atoms with Crippen LogP contribution >= 0.6 is 0 Å². The number of methoxy groups -OCH3 is 1. The Bertz CT molecular complexity index is 954. The van der Waals surface area contributed by atoms with Gasteiger partial charge in [0.25, 0.3) is 0 Å². The first-order valence-corrected chi connectivity index (χ1v) is 11.3. The smallest absolute Gasteiger partial charge is 0.227 e. The molecule has 6 nitrogen and oxygen atoms in total. The van der Waals surface area contributed by atoms with Crippen LogP contribution in [0.3, 0.4) is 0 Å². The van der Waals surface area contributed by atoms with Crippen molar-refractivity contribution in [2.75, 3.05) is 26.8 Å². The van der Waals surface area contributed by atoms with E-state index in [0.29, 0.717) is 25.6 Å². The molecule has 0 aliphatic carbocycles. The van der Waals surface area contributed by atoms with E-state index in [1.807, 2.05) is 66.2 Å². The highest BCUT2D eigenvalue weighted by Gasteiger charge is 2.22. The Morgan fingerprint density at radius 3 is 2.44 bits per heavy atom. The lowest BCUT2D eigenvalue weighted by Crippen LogP contribution is -2.34. The minimum atomic E-state index is -0.372. The maximum absolute atomic E-state index is 10.4. The van der Waals surface area contributed by atoms with Crippen molar-refractivity contribution < 1.29 is 14.6 Å². The molecular weight excluding hydrogens is 402 g/mol. The molecule has 0 aliphatic heterocycles. The monoisotopic (exact) mass is 437 g/mol. The van der Waals surface area contributed by atoms with Gasteiger partial charge in [-0.15, -0.1) is 0 Å². The normalized spacial score (nSPS) is 12.3. The number of aryl methyl sites for hydroxylation is 2. The number of rotatable bonds is 12. The van der Waals surface area contributed by atoms with Gasteiger partial charge in [-0.1, -0.05) is 49.2 Å². The van der Waals surface area contributed by atoms with Crippen LogP contribution in [0.2, 0.25) is 0 Å². The van der Waals surface area contributed by atoms with Crippen LogP contribution in [0.4, 0.5) is 0 Å². The topological polar surface area (TPSA) is 59.8 Å². The predicted octanol–water partition coefficient (Wildman–Crippen LogP) is 4.89. The molecule has 1 heterocycles. The summed E-state index contributed by atoms with van der Waals surface area (Å²) in [7, 11) is 1.70. The van der Waals surface area contributed by atoms with Crippen LogP contribution in [0, 0.1) is 13.8 Å². The second-order valence-corrected chi connectivity index (χ2v) is 8.20. The molecule has 0 fully saturated rings. The Labute approximate surface area is 191 Å². The number of benzene rings is 2. The molecule has 0 radical (unpaired) electrons. The van der Waals surface area contributed by atoms with E-state index in [1.54, 1.807) is 7.11 Å². The summed E-state index contributed by atoms with van der Waals surface area (Å²) >= 11 is 0. The molecule has 1 atom stereocenters. The van der Waals surface area contributed by atoms with Crippen LogP contribution in [0.5, 0.6) is 11.6 Å². The summed E-state index contributed by atoms with van der Waals surface area (Å²) in [6.07, 6.45) is 1.35. The van der Waals surface area contributed by atoms with E-state index < -0.39 is 0 Å². The lowest BCUT2D eigenvalue weighted by Gasteiger charge is -2.25. The lowest BCUT2D eigenvalue weighted by molar-refractivity contribution is 0.0795. The highest BCUT2D eigenvalue weighted by molar-refractivity contribution is 5.43. The SMILES string of the molecule is CCC[C@@H](O)CN(CCOC)Cc1c(C)nn(-c2ccccc2)c1Oc1ccc(C)cc1. The van der Waals surface area contributed by atoms with Gasteiger partial charge in [-0.3, -0.25) is 4.90 Å². The van der Waals surface area contributed by atoms with Gasteiger partial charge in [-0.25, -0.2) is 4.68 Å². The molecule has 0 unspecified atom stereocenters. The summed E-state index contributed by atoms with van der Waals surface area (Å²) < 4.78 is 13.6. The summed E-state index contributed by atoms with van der Waals surface area (Å²) in [4.78, 5) is 2.21. The fraction of sp³-hybridized carbons (Fsp3) is 0.423. The molecule has 0 spiro atoms. The molecule has 0 saturated carbocycles. The Kier molecular flexibility index (Phi) is 8.85. The van der Waals surface area contributed by atoms with E-state index in [0.717, 1.165) is 42.1 Å². The first kappa shape index (κ1) is 24.0. The van der Waals surface area contributed by atoms with Crippen LogP contribution in [0.15, 0.2) is 54.6 Å². The van der Waals surface area contributed by atoms with Crippen LogP contribution in [0.1, 0.15) is 36.6 Å². The summed E-state index contributed by atoms with van der Waals surface area (Å²) in [5, 5.41) is 15.3. The summed E-state index contributed by atoms with van der Waals surface area (Å²) in [5.41, 5.74) is 4.04. The molecule has 3 aromatic rings. The number of hydrogen-bond acceptors (Lipinski definition) is 5. The van der Waals surface area contributed by atoms with E-state index in [-0.39, 0.29) is 6.10 Å². The average molecular weight is 438 g/mol. The predicted molar refractivity (Wildman–Crippen MR) is 128 cm³/mol. The second kappa shape index (κ2) is 11.8. The third-order valence-corrected chi connectivity index (χ3v) is 5.46. The van der Waals surface area contributed by atoms with Gasteiger partial charge in [0.2, 0.25) is 5.88 Å². The molecule has 32 heavy (non-hydrogen) atoms. The zero-order chi connectivity index (χ0) is 22.9. The van der Waals surface area contributed by atoms with E-state index in [9.17, 15) is 5.11 Å². The molecule has 2 aromatic carbocycles. The number of nitrogens with zero attached hydrogens (tertiary/aromatic N) is 3. The Hall–Kier alpha value is -2.67. The van der Waals surface area contributed by atoms with Crippen molar-refractivity contribution in [3.8, 4) is 17.3 Å². The fourth-order valence-electron chi connectivity index (χ4n) is 3.69. The van der Waals surface area contributed by atoms with Gasteiger partial charge < -0.3 is 14.6 Å². The minimum absolute atomic E-state index is 0.372. The zero-order valence-corrected chi connectivity index (χ0v) is 19.6. The fourth-order valence-corrected chi connectivity index (χ4v) is 3.69. The Morgan fingerprint density at radius 2 is 1.78 bits per heavy atom. The minimum Gasteiger partial charge on any atom is -0.439 e. The number of ether oxygens (including phenoxy) is 2. The maximum Gasteiger partial charge on any atom is 0.227 e. The van der Waals surface area contributed by atoms with Gasteiger partial charge in [-0.2, -0.15) is 5.10 Å². The van der Waals surface area contributed by atoms with Gasteiger partial charge >= 0.3 is 0 Å². The van der Waals surface area contributed by atoms with Gasteiger partial charge in [0.1, 0.15) is 5.75 Å². The summed E-state index contributed by atoms with van der Waals surface area (Å²) in [6.45, 7) is 8.66. The van der Waals surface area contributed by atoms with Crippen molar-refractivity contribution in [2.24, 2.45) is 0 Å². The van der Waals surface area contributed by atoms with E-state index in [2.05, 4.69) is 18.7 Å². The molecule has 1 aromatic heterocycles. The number of para-hydroxylation sites is 1. The third kappa shape index (κ3) is 6.42. The molecule has 3 rings (SSSR count). The van der Waals surface area contributed by atoms with Crippen molar-refractivity contribution in [2.45, 2.75) is 46.3 Å². The van der Waals surface area contributed by atoms with Crippen molar-refractivity contribution in [3.05, 3.63) is 71.4 Å². The van der Waals surface area contributed by atoms with Crippen LogP contribution in [-0.4, -0.2) is 52.7 Å². The third-order valence-electron chi connectivity index (χ3n) is 5.46. The average Bonchev–Trinajstić information content (AvgIpc) is 3.09. The Morgan fingerprint density at radius 1 is 1.06 bits per heavy atom. The van der Waals surface area contributed by atoms with Crippen molar-refractivity contribution in [3.63, 3.8) is 0 Å².